The number of nitrogens with zero attached hydrogens (tertiary/aromatic N) is 3. The number of hydrogen-bond donors (Lipinski definition) is 3. The third-order valence-electron chi connectivity index (χ3n) is 3.35. The highest BCUT2D eigenvalue weighted by Crippen LogP contribution is 2.25. The molecule has 2 heterocycles. The smallest absolute Gasteiger partial charge is 0.323 e. The molecule has 0 unspecified atom stereocenters. The van der Waals surface area contributed by atoms with Crippen LogP contribution in [-0.4, -0.2) is 27.9 Å². The molecule has 4 N–H and O–H groups in total. The molecule has 7 heteroatoms. The van der Waals surface area contributed by atoms with Gasteiger partial charge in [-0.05, 0) is 17.7 Å². The van der Waals surface area contributed by atoms with Crippen molar-refractivity contribution in [3.63, 3.8) is 0 Å². The predicted octanol–water partition coefficient (Wildman–Crippen LogP) is 1.65. The number of aromatic nitrogens is 2. The maximum absolute atomic E-state index is 11.6. The largest absolute Gasteiger partial charge is 0.399 e. The zero-order valence-electron chi connectivity index (χ0n) is 11.6. The number of amides is 2. The molecule has 3 rings (SSSR count). The van der Waals surface area contributed by atoms with Crippen LogP contribution in [0.5, 0.6) is 0 Å². The molecule has 1 aromatic heterocycles. The topological polar surface area (TPSA) is 96.2 Å². The van der Waals surface area contributed by atoms with Crippen molar-refractivity contribution in [1.29, 1.82) is 0 Å². The zero-order chi connectivity index (χ0) is 14.8. The number of fused-ring (bicyclic) bond motifs is 1. The highest BCUT2D eigenvalue weighted by atomic mass is 16.2. The second-order valence-electron chi connectivity index (χ2n) is 4.93. The molecule has 108 valence electrons. The summed E-state index contributed by atoms with van der Waals surface area (Å²) in [7, 11) is 1.73. The summed E-state index contributed by atoms with van der Waals surface area (Å²) < 4.78 is 0. The summed E-state index contributed by atoms with van der Waals surface area (Å²) in [5, 5.41) is 6.01. The van der Waals surface area contributed by atoms with Gasteiger partial charge in [-0.15, -0.1) is 0 Å². The van der Waals surface area contributed by atoms with Crippen molar-refractivity contribution in [2.75, 3.05) is 23.4 Å². The summed E-state index contributed by atoms with van der Waals surface area (Å²) in [6, 6.07) is 7.49. The molecule has 0 atom stereocenters. The van der Waals surface area contributed by atoms with E-state index < -0.39 is 0 Å². The quantitative estimate of drug-likeness (QED) is 0.745. The highest BCUT2D eigenvalue weighted by molar-refractivity contribution is 5.91. The summed E-state index contributed by atoms with van der Waals surface area (Å²) in [5.41, 5.74) is 8.39. The Balaban J connectivity index is 1.79. The number of hydrogen-bond acceptors (Lipinski definition) is 5. The van der Waals surface area contributed by atoms with E-state index in [1.807, 2.05) is 24.3 Å². The average molecular weight is 284 g/mol. The Morgan fingerprint density at radius 1 is 1.33 bits per heavy atom. The standard InChI is InChI=1S/C14H16N6O/c1-20-7-11-12(17-8-18-13(11)19-14(20)21)16-6-9-2-4-10(15)5-3-9/h2-5,8H,6-7,15H2,1H3,(H2,16,17,18,19,21). The van der Waals surface area contributed by atoms with Crippen LogP contribution in [0.3, 0.4) is 0 Å². The lowest BCUT2D eigenvalue weighted by Gasteiger charge is -2.26. The van der Waals surface area contributed by atoms with Gasteiger partial charge in [0.05, 0.1) is 12.1 Å². The van der Waals surface area contributed by atoms with Gasteiger partial charge in [0.1, 0.15) is 18.0 Å². The normalized spacial score (nSPS) is 13.6. The maximum atomic E-state index is 11.6. The molecule has 0 aliphatic carbocycles. The summed E-state index contributed by atoms with van der Waals surface area (Å²) >= 11 is 0. The lowest BCUT2D eigenvalue weighted by molar-refractivity contribution is 0.218. The molecule has 0 spiro atoms. The molecule has 0 bridgehead atoms. The summed E-state index contributed by atoms with van der Waals surface area (Å²) in [4.78, 5) is 21.5. The fraction of sp³-hybridized carbons (Fsp3) is 0.214. The van der Waals surface area contributed by atoms with Gasteiger partial charge in [0.25, 0.3) is 0 Å². The van der Waals surface area contributed by atoms with Gasteiger partial charge < -0.3 is 16.0 Å². The minimum Gasteiger partial charge on any atom is -0.399 e. The van der Waals surface area contributed by atoms with Crippen molar-refractivity contribution in [2.24, 2.45) is 0 Å². The molecule has 0 saturated heterocycles. The molecular weight excluding hydrogens is 268 g/mol. The first kappa shape index (κ1) is 13.2. The van der Waals surface area contributed by atoms with Crippen LogP contribution in [0, 0.1) is 0 Å². The number of rotatable bonds is 3. The number of carbonyl (C=O) groups excluding carboxylic acids is 1. The molecule has 2 aromatic rings. The molecule has 1 aliphatic rings. The number of carbonyl (C=O) groups is 1. The van der Waals surface area contributed by atoms with Crippen LogP contribution in [0.2, 0.25) is 0 Å². The number of nitrogens with two attached hydrogens (primary N) is 1. The van der Waals surface area contributed by atoms with Crippen LogP contribution in [0.1, 0.15) is 11.1 Å². The van der Waals surface area contributed by atoms with Crippen molar-refractivity contribution < 1.29 is 4.79 Å². The molecule has 0 saturated carbocycles. The van der Waals surface area contributed by atoms with Crippen LogP contribution in [0.15, 0.2) is 30.6 Å². The Hall–Kier alpha value is -2.83. The van der Waals surface area contributed by atoms with Crippen LogP contribution in [0.4, 0.5) is 22.1 Å². The molecule has 21 heavy (non-hydrogen) atoms. The van der Waals surface area contributed by atoms with Crippen molar-refractivity contribution in [3.8, 4) is 0 Å². The van der Waals surface area contributed by atoms with Crippen LogP contribution < -0.4 is 16.4 Å². The Bertz CT molecular complexity index is 670. The predicted molar refractivity (Wildman–Crippen MR) is 80.7 cm³/mol. The van der Waals surface area contributed by atoms with Gasteiger partial charge in [-0.3, -0.25) is 5.32 Å². The van der Waals surface area contributed by atoms with Gasteiger partial charge in [-0.1, -0.05) is 12.1 Å². The van der Waals surface area contributed by atoms with Gasteiger partial charge in [-0.25, -0.2) is 14.8 Å². The monoisotopic (exact) mass is 284 g/mol. The van der Waals surface area contributed by atoms with E-state index in [4.69, 9.17) is 5.73 Å². The first-order valence-corrected chi connectivity index (χ1v) is 6.58. The minimum atomic E-state index is -0.161. The molecular formula is C14H16N6O. The lowest BCUT2D eigenvalue weighted by Crippen LogP contribution is -2.36. The van der Waals surface area contributed by atoms with Crippen molar-refractivity contribution >= 4 is 23.4 Å². The van der Waals surface area contributed by atoms with E-state index in [2.05, 4.69) is 20.6 Å². The van der Waals surface area contributed by atoms with E-state index in [1.54, 1.807) is 11.9 Å². The first-order valence-electron chi connectivity index (χ1n) is 6.58. The average Bonchev–Trinajstić information content (AvgIpc) is 2.48. The molecule has 0 radical (unpaired) electrons. The highest BCUT2D eigenvalue weighted by Gasteiger charge is 2.23. The third-order valence-corrected chi connectivity index (χ3v) is 3.35. The van der Waals surface area contributed by atoms with E-state index in [9.17, 15) is 4.79 Å². The fourth-order valence-corrected chi connectivity index (χ4v) is 2.15. The summed E-state index contributed by atoms with van der Waals surface area (Å²) in [6.45, 7) is 1.10. The number of nitrogen functional groups attached to an aromatic ring is 1. The first-order chi connectivity index (χ1) is 10.1. The fourth-order valence-electron chi connectivity index (χ4n) is 2.15. The summed E-state index contributed by atoms with van der Waals surface area (Å²) in [6.07, 6.45) is 1.44. The van der Waals surface area contributed by atoms with Crippen LogP contribution in [0.25, 0.3) is 0 Å². The van der Waals surface area contributed by atoms with Crippen molar-refractivity contribution in [1.82, 2.24) is 14.9 Å². The van der Waals surface area contributed by atoms with E-state index in [1.165, 1.54) is 6.33 Å². The summed E-state index contributed by atoms with van der Waals surface area (Å²) in [5.74, 6) is 1.29. The molecule has 1 aromatic carbocycles. The van der Waals surface area contributed by atoms with Crippen molar-refractivity contribution in [3.05, 3.63) is 41.7 Å². The van der Waals surface area contributed by atoms with E-state index >= 15 is 0 Å². The van der Waals surface area contributed by atoms with Gasteiger partial charge in [0.15, 0.2) is 0 Å². The van der Waals surface area contributed by atoms with Crippen LogP contribution in [-0.2, 0) is 13.1 Å². The van der Waals surface area contributed by atoms with E-state index in [-0.39, 0.29) is 6.03 Å². The van der Waals surface area contributed by atoms with Gasteiger partial charge >= 0.3 is 6.03 Å². The van der Waals surface area contributed by atoms with Crippen molar-refractivity contribution in [2.45, 2.75) is 13.1 Å². The Morgan fingerprint density at radius 2 is 2.10 bits per heavy atom. The van der Waals surface area contributed by atoms with Crippen LogP contribution >= 0.6 is 0 Å². The maximum Gasteiger partial charge on any atom is 0.323 e. The molecule has 7 nitrogen and oxygen atoms in total. The lowest BCUT2D eigenvalue weighted by atomic mass is 10.2. The number of anilines is 3. The molecule has 0 fully saturated rings. The Morgan fingerprint density at radius 3 is 2.86 bits per heavy atom. The van der Waals surface area contributed by atoms with Gasteiger partial charge in [0, 0.05) is 19.3 Å². The van der Waals surface area contributed by atoms with E-state index in [0.717, 1.165) is 22.6 Å². The Kier molecular flexibility index (Phi) is 3.31. The number of urea groups is 1. The second kappa shape index (κ2) is 5.28. The zero-order valence-corrected chi connectivity index (χ0v) is 11.6. The number of nitrogens with one attached hydrogen (secondary N) is 2. The molecule has 2 amide bonds. The van der Waals surface area contributed by atoms with E-state index in [0.29, 0.717) is 18.9 Å². The Labute approximate surface area is 122 Å². The second-order valence-corrected chi connectivity index (χ2v) is 4.93. The molecule has 1 aliphatic heterocycles. The third kappa shape index (κ3) is 2.71. The SMILES string of the molecule is CN1Cc2c(NCc3ccc(N)cc3)ncnc2NC1=O. The number of benzene rings is 1. The van der Waals surface area contributed by atoms with Gasteiger partial charge in [-0.2, -0.15) is 0 Å². The minimum absolute atomic E-state index is 0.161. The van der Waals surface area contributed by atoms with Gasteiger partial charge in [0.2, 0.25) is 0 Å².